The van der Waals surface area contributed by atoms with Gasteiger partial charge in [-0.3, -0.25) is 4.79 Å². The summed E-state index contributed by atoms with van der Waals surface area (Å²) in [5.41, 5.74) is 0.909. The number of amides is 1. The van der Waals surface area contributed by atoms with E-state index in [4.69, 9.17) is 9.47 Å². The van der Waals surface area contributed by atoms with Crippen molar-refractivity contribution in [2.75, 3.05) is 14.2 Å². The molecule has 0 aliphatic heterocycles. The lowest BCUT2D eigenvalue weighted by Crippen LogP contribution is -2.27. The van der Waals surface area contributed by atoms with Crippen molar-refractivity contribution in [1.82, 2.24) is 5.32 Å². The van der Waals surface area contributed by atoms with Crippen LogP contribution in [-0.4, -0.2) is 20.1 Å². The first-order valence-electron chi connectivity index (χ1n) is 7.17. The lowest BCUT2D eigenvalue weighted by Gasteiger charge is -2.18. The number of benzene rings is 1. The van der Waals surface area contributed by atoms with E-state index in [1.165, 1.54) is 4.88 Å². The van der Waals surface area contributed by atoms with Gasteiger partial charge in [-0.2, -0.15) is 0 Å². The Bertz CT molecular complexity index is 610. The summed E-state index contributed by atoms with van der Waals surface area (Å²) in [7, 11) is 3.24. The van der Waals surface area contributed by atoms with Crippen LogP contribution >= 0.6 is 11.3 Å². The maximum absolute atomic E-state index is 12.1. The maximum Gasteiger partial charge on any atom is 0.220 e. The Morgan fingerprint density at radius 3 is 2.73 bits per heavy atom. The summed E-state index contributed by atoms with van der Waals surface area (Å²) in [5.74, 6) is 1.52. The third-order valence-electron chi connectivity index (χ3n) is 3.46. The van der Waals surface area contributed by atoms with Crippen molar-refractivity contribution in [2.24, 2.45) is 0 Å². The normalized spacial score (nSPS) is 11.8. The van der Waals surface area contributed by atoms with E-state index in [1.807, 2.05) is 42.6 Å². The monoisotopic (exact) mass is 319 g/mol. The van der Waals surface area contributed by atoms with E-state index in [1.54, 1.807) is 25.6 Å². The Balaban J connectivity index is 1.98. The molecule has 0 fully saturated rings. The summed E-state index contributed by atoms with van der Waals surface area (Å²) in [4.78, 5) is 13.3. The minimum absolute atomic E-state index is 0.0331. The maximum atomic E-state index is 12.1. The zero-order valence-electron chi connectivity index (χ0n) is 13.1. The summed E-state index contributed by atoms with van der Waals surface area (Å²) >= 11 is 1.67. The number of aryl methyl sites for hydroxylation is 1. The van der Waals surface area contributed by atoms with Crippen molar-refractivity contribution in [3.8, 4) is 11.5 Å². The number of rotatable bonds is 7. The van der Waals surface area contributed by atoms with Crippen LogP contribution in [0.25, 0.3) is 0 Å². The molecule has 0 aliphatic carbocycles. The molecule has 1 heterocycles. The second-order valence-corrected chi connectivity index (χ2v) is 6.01. The van der Waals surface area contributed by atoms with Gasteiger partial charge in [-0.05, 0) is 43.0 Å². The standard InChI is InChI=1S/C17H21NO3S/c1-12(15-11-13(20-2)6-8-16(15)21-3)18-17(19)9-7-14-5-4-10-22-14/h4-6,8,10-12H,7,9H2,1-3H3,(H,18,19). The van der Waals surface area contributed by atoms with Crippen LogP contribution in [-0.2, 0) is 11.2 Å². The second-order valence-electron chi connectivity index (χ2n) is 4.98. The van der Waals surface area contributed by atoms with Crippen molar-refractivity contribution in [1.29, 1.82) is 0 Å². The van der Waals surface area contributed by atoms with Gasteiger partial charge < -0.3 is 14.8 Å². The lowest BCUT2D eigenvalue weighted by molar-refractivity contribution is -0.121. The number of carbonyl (C=O) groups is 1. The largest absolute Gasteiger partial charge is 0.497 e. The van der Waals surface area contributed by atoms with Crippen LogP contribution in [0.3, 0.4) is 0 Å². The molecule has 5 heteroatoms. The van der Waals surface area contributed by atoms with Crippen molar-refractivity contribution < 1.29 is 14.3 Å². The first-order chi connectivity index (χ1) is 10.6. The third-order valence-corrected chi connectivity index (χ3v) is 4.40. The first kappa shape index (κ1) is 16.4. The van der Waals surface area contributed by atoms with E-state index in [9.17, 15) is 4.79 Å². The van der Waals surface area contributed by atoms with Gasteiger partial charge in [0.2, 0.25) is 5.91 Å². The van der Waals surface area contributed by atoms with Crippen LogP contribution in [0.1, 0.15) is 29.8 Å². The lowest BCUT2D eigenvalue weighted by atomic mass is 10.1. The third kappa shape index (κ3) is 4.24. The van der Waals surface area contributed by atoms with Crippen LogP contribution in [0.4, 0.5) is 0 Å². The molecule has 1 N–H and O–H groups in total. The molecular formula is C17H21NO3S. The molecular weight excluding hydrogens is 298 g/mol. The molecule has 1 aromatic heterocycles. The molecule has 1 atom stereocenters. The number of thiophene rings is 1. The van der Waals surface area contributed by atoms with E-state index >= 15 is 0 Å². The number of hydrogen-bond donors (Lipinski definition) is 1. The van der Waals surface area contributed by atoms with E-state index in [0.29, 0.717) is 6.42 Å². The average molecular weight is 319 g/mol. The van der Waals surface area contributed by atoms with Crippen LogP contribution < -0.4 is 14.8 Å². The van der Waals surface area contributed by atoms with Crippen LogP contribution in [0.15, 0.2) is 35.7 Å². The van der Waals surface area contributed by atoms with Gasteiger partial charge in [-0.25, -0.2) is 0 Å². The van der Waals surface area contributed by atoms with Gasteiger partial charge in [-0.15, -0.1) is 11.3 Å². The SMILES string of the molecule is COc1ccc(OC)c(C(C)NC(=O)CCc2cccs2)c1. The number of methoxy groups -OCH3 is 2. The second kappa shape index (κ2) is 7.84. The van der Waals surface area contributed by atoms with Gasteiger partial charge in [0.25, 0.3) is 0 Å². The van der Waals surface area contributed by atoms with Crippen LogP contribution in [0.2, 0.25) is 0 Å². The average Bonchev–Trinajstić information content (AvgIpc) is 3.05. The Hall–Kier alpha value is -2.01. The van der Waals surface area contributed by atoms with E-state index in [-0.39, 0.29) is 11.9 Å². The Morgan fingerprint density at radius 1 is 1.27 bits per heavy atom. The van der Waals surface area contributed by atoms with E-state index in [0.717, 1.165) is 23.5 Å². The van der Waals surface area contributed by atoms with Gasteiger partial charge in [0, 0.05) is 16.9 Å². The quantitative estimate of drug-likeness (QED) is 0.848. The van der Waals surface area contributed by atoms with Crippen molar-refractivity contribution in [3.05, 3.63) is 46.2 Å². The molecule has 1 amide bonds. The molecule has 1 aromatic carbocycles. The predicted molar refractivity (Wildman–Crippen MR) is 88.7 cm³/mol. The molecule has 0 aliphatic rings. The van der Waals surface area contributed by atoms with Gasteiger partial charge in [-0.1, -0.05) is 6.07 Å². The molecule has 1 unspecified atom stereocenters. The summed E-state index contributed by atoms with van der Waals surface area (Å²) in [6.07, 6.45) is 1.25. The highest BCUT2D eigenvalue weighted by molar-refractivity contribution is 7.09. The molecule has 0 bridgehead atoms. The summed E-state index contributed by atoms with van der Waals surface area (Å²) in [6, 6.07) is 9.49. The molecule has 2 aromatic rings. The zero-order valence-corrected chi connectivity index (χ0v) is 13.9. The predicted octanol–water partition coefficient (Wildman–Crippen LogP) is 3.58. The molecule has 22 heavy (non-hydrogen) atoms. The summed E-state index contributed by atoms with van der Waals surface area (Å²) in [5, 5.41) is 5.04. The topological polar surface area (TPSA) is 47.6 Å². The fourth-order valence-electron chi connectivity index (χ4n) is 2.26. The molecule has 2 rings (SSSR count). The first-order valence-corrected chi connectivity index (χ1v) is 8.05. The van der Waals surface area contributed by atoms with Crippen LogP contribution in [0, 0.1) is 0 Å². The van der Waals surface area contributed by atoms with Gasteiger partial charge in [0.1, 0.15) is 11.5 Å². The van der Waals surface area contributed by atoms with Crippen LogP contribution in [0.5, 0.6) is 11.5 Å². The zero-order chi connectivity index (χ0) is 15.9. The Kier molecular flexibility index (Phi) is 5.83. The van der Waals surface area contributed by atoms with Crippen molar-refractivity contribution >= 4 is 17.2 Å². The summed E-state index contributed by atoms with van der Waals surface area (Å²) < 4.78 is 10.6. The highest BCUT2D eigenvalue weighted by Crippen LogP contribution is 2.29. The fraction of sp³-hybridized carbons (Fsp3) is 0.353. The highest BCUT2D eigenvalue weighted by Gasteiger charge is 2.15. The number of ether oxygens (including phenoxy) is 2. The minimum Gasteiger partial charge on any atom is -0.497 e. The molecule has 0 saturated carbocycles. The highest BCUT2D eigenvalue weighted by atomic mass is 32.1. The summed E-state index contributed by atoms with van der Waals surface area (Å²) in [6.45, 7) is 1.94. The fourth-order valence-corrected chi connectivity index (χ4v) is 2.97. The number of hydrogen-bond acceptors (Lipinski definition) is 4. The van der Waals surface area contributed by atoms with Gasteiger partial charge >= 0.3 is 0 Å². The smallest absolute Gasteiger partial charge is 0.220 e. The molecule has 118 valence electrons. The minimum atomic E-state index is -0.138. The number of nitrogens with one attached hydrogen (secondary N) is 1. The number of carbonyl (C=O) groups excluding carboxylic acids is 1. The van der Waals surface area contributed by atoms with Gasteiger partial charge in [0.05, 0.1) is 20.3 Å². The van der Waals surface area contributed by atoms with E-state index in [2.05, 4.69) is 5.32 Å². The Labute approximate surface area is 135 Å². The van der Waals surface area contributed by atoms with Gasteiger partial charge in [0.15, 0.2) is 0 Å². The molecule has 0 radical (unpaired) electrons. The van der Waals surface area contributed by atoms with E-state index < -0.39 is 0 Å². The van der Waals surface area contributed by atoms with Crippen molar-refractivity contribution in [3.63, 3.8) is 0 Å². The molecule has 0 saturated heterocycles. The molecule has 0 spiro atoms. The Morgan fingerprint density at radius 2 is 2.09 bits per heavy atom. The molecule has 4 nitrogen and oxygen atoms in total. The van der Waals surface area contributed by atoms with Crippen molar-refractivity contribution in [2.45, 2.75) is 25.8 Å².